The minimum atomic E-state index is -0.358. The summed E-state index contributed by atoms with van der Waals surface area (Å²) in [5, 5.41) is 10.1. The SMILES string of the molecule is CCCOc1ccc(/C=C/C(=O)c2c(O)cc(OC)cc2OC)cc1. The third kappa shape index (κ3) is 4.76. The first-order valence-electron chi connectivity index (χ1n) is 7.99. The van der Waals surface area contributed by atoms with Crippen molar-refractivity contribution in [1.29, 1.82) is 0 Å². The Bertz CT molecular complexity index is 747. The van der Waals surface area contributed by atoms with Crippen LogP contribution in [0.4, 0.5) is 0 Å². The van der Waals surface area contributed by atoms with E-state index < -0.39 is 0 Å². The maximum atomic E-state index is 12.4. The molecule has 132 valence electrons. The van der Waals surface area contributed by atoms with Crippen LogP contribution in [0.25, 0.3) is 6.08 Å². The van der Waals surface area contributed by atoms with Crippen LogP contribution in [0.2, 0.25) is 0 Å². The Labute approximate surface area is 147 Å². The molecule has 0 aliphatic carbocycles. The summed E-state index contributed by atoms with van der Waals surface area (Å²) in [6.07, 6.45) is 4.02. The number of ketones is 1. The van der Waals surface area contributed by atoms with Crippen molar-refractivity contribution in [2.24, 2.45) is 0 Å². The maximum absolute atomic E-state index is 12.4. The Morgan fingerprint density at radius 1 is 1.08 bits per heavy atom. The minimum Gasteiger partial charge on any atom is -0.507 e. The van der Waals surface area contributed by atoms with Crippen LogP contribution in [0, 0.1) is 0 Å². The van der Waals surface area contributed by atoms with Crippen molar-refractivity contribution in [3.8, 4) is 23.0 Å². The van der Waals surface area contributed by atoms with E-state index in [1.807, 2.05) is 31.2 Å². The molecule has 0 spiro atoms. The molecule has 0 saturated carbocycles. The Balaban J connectivity index is 2.17. The van der Waals surface area contributed by atoms with E-state index in [9.17, 15) is 9.90 Å². The second-order valence-electron chi connectivity index (χ2n) is 5.34. The van der Waals surface area contributed by atoms with Crippen LogP contribution in [-0.4, -0.2) is 31.7 Å². The van der Waals surface area contributed by atoms with Crippen LogP contribution >= 0.6 is 0 Å². The van der Waals surface area contributed by atoms with Gasteiger partial charge in [0.25, 0.3) is 0 Å². The number of benzene rings is 2. The third-order valence-electron chi connectivity index (χ3n) is 3.54. The van der Waals surface area contributed by atoms with Gasteiger partial charge in [0.2, 0.25) is 0 Å². The fraction of sp³-hybridized carbons (Fsp3) is 0.250. The molecule has 1 N–H and O–H groups in total. The molecule has 0 amide bonds. The van der Waals surface area contributed by atoms with Crippen LogP contribution < -0.4 is 14.2 Å². The molecule has 0 aromatic heterocycles. The van der Waals surface area contributed by atoms with Gasteiger partial charge in [-0.3, -0.25) is 4.79 Å². The minimum absolute atomic E-state index is 0.0995. The lowest BCUT2D eigenvalue weighted by atomic mass is 10.1. The lowest BCUT2D eigenvalue weighted by molar-refractivity contribution is 0.104. The largest absolute Gasteiger partial charge is 0.507 e. The number of hydrogen-bond acceptors (Lipinski definition) is 5. The molecule has 0 fully saturated rings. The van der Waals surface area contributed by atoms with Gasteiger partial charge in [0.15, 0.2) is 5.78 Å². The molecule has 0 unspecified atom stereocenters. The van der Waals surface area contributed by atoms with Crippen LogP contribution in [-0.2, 0) is 0 Å². The van der Waals surface area contributed by atoms with Crippen LogP contribution in [0.3, 0.4) is 0 Å². The number of allylic oxidation sites excluding steroid dienone is 1. The molecule has 25 heavy (non-hydrogen) atoms. The second kappa shape index (κ2) is 8.78. The number of methoxy groups -OCH3 is 2. The molecule has 2 aromatic rings. The van der Waals surface area contributed by atoms with Crippen molar-refractivity contribution < 1.29 is 24.1 Å². The van der Waals surface area contributed by atoms with Gasteiger partial charge < -0.3 is 19.3 Å². The predicted molar refractivity (Wildman–Crippen MR) is 96.8 cm³/mol. The van der Waals surface area contributed by atoms with Gasteiger partial charge in [0.1, 0.15) is 28.6 Å². The lowest BCUT2D eigenvalue weighted by Crippen LogP contribution is -2.00. The highest BCUT2D eigenvalue weighted by Gasteiger charge is 2.17. The first-order chi connectivity index (χ1) is 12.1. The number of ether oxygens (including phenoxy) is 3. The summed E-state index contributed by atoms with van der Waals surface area (Å²) in [5.74, 6) is 0.921. The summed E-state index contributed by atoms with van der Waals surface area (Å²) in [4.78, 5) is 12.4. The predicted octanol–water partition coefficient (Wildman–Crippen LogP) is 4.09. The molecule has 0 aliphatic heterocycles. The first-order valence-corrected chi connectivity index (χ1v) is 7.99. The number of phenolic OH excluding ortho intramolecular Hbond substituents is 1. The summed E-state index contributed by atoms with van der Waals surface area (Å²) < 4.78 is 15.8. The summed E-state index contributed by atoms with van der Waals surface area (Å²) in [6, 6.07) is 10.4. The Hall–Kier alpha value is -2.95. The highest BCUT2D eigenvalue weighted by molar-refractivity contribution is 6.10. The molecule has 0 aliphatic rings. The number of hydrogen-bond donors (Lipinski definition) is 1. The summed E-state index contributed by atoms with van der Waals surface area (Å²) in [6.45, 7) is 2.72. The Morgan fingerprint density at radius 3 is 2.40 bits per heavy atom. The standard InChI is InChI=1S/C20H22O5/c1-4-11-25-15-8-5-14(6-9-15)7-10-17(21)20-18(22)12-16(23-2)13-19(20)24-3/h5-10,12-13,22H,4,11H2,1-3H3/b10-7+. The van der Waals surface area contributed by atoms with Crippen molar-refractivity contribution in [3.63, 3.8) is 0 Å². The van der Waals surface area contributed by atoms with Gasteiger partial charge in [-0.1, -0.05) is 25.1 Å². The number of carbonyl (C=O) groups excluding carboxylic acids is 1. The van der Waals surface area contributed by atoms with Crippen molar-refractivity contribution in [1.82, 2.24) is 0 Å². The first kappa shape index (κ1) is 18.4. The molecule has 5 nitrogen and oxygen atoms in total. The van der Waals surface area contributed by atoms with E-state index in [-0.39, 0.29) is 22.8 Å². The second-order valence-corrected chi connectivity index (χ2v) is 5.34. The molecule has 0 bridgehead atoms. The van der Waals surface area contributed by atoms with E-state index in [0.29, 0.717) is 12.4 Å². The van der Waals surface area contributed by atoms with Crippen molar-refractivity contribution in [2.75, 3.05) is 20.8 Å². The van der Waals surface area contributed by atoms with Crippen molar-refractivity contribution in [2.45, 2.75) is 13.3 Å². The van der Waals surface area contributed by atoms with Gasteiger partial charge in [-0.25, -0.2) is 0 Å². The topological polar surface area (TPSA) is 65.0 Å². The summed E-state index contributed by atoms with van der Waals surface area (Å²) in [7, 11) is 2.91. The Kier molecular flexibility index (Phi) is 6.46. The quantitative estimate of drug-likeness (QED) is 0.578. The van der Waals surface area contributed by atoms with Crippen LogP contribution in [0.5, 0.6) is 23.0 Å². The molecular formula is C20H22O5. The molecule has 2 rings (SSSR count). The molecule has 0 heterocycles. The van der Waals surface area contributed by atoms with E-state index >= 15 is 0 Å². The van der Waals surface area contributed by atoms with E-state index in [4.69, 9.17) is 14.2 Å². The van der Waals surface area contributed by atoms with E-state index in [2.05, 4.69) is 0 Å². The smallest absolute Gasteiger partial charge is 0.193 e. The average molecular weight is 342 g/mol. The molecule has 0 atom stereocenters. The van der Waals surface area contributed by atoms with Gasteiger partial charge in [-0.2, -0.15) is 0 Å². The summed E-state index contributed by atoms with van der Waals surface area (Å²) >= 11 is 0. The van der Waals surface area contributed by atoms with Gasteiger partial charge >= 0.3 is 0 Å². The Morgan fingerprint density at radius 2 is 1.80 bits per heavy atom. The molecular weight excluding hydrogens is 320 g/mol. The number of aromatic hydroxyl groups is 1. The fourth-order valence-electron chi connectivity index (χ4n) is 2.25. The number of rotatable bonds is 8. The number of carbonyl (C=O) groups is 1. The average Bonchev–Trinajstić information content (AvgIpc) is 2.64. The zero-order valence-corrected chi connectivity index (χ0v) is 14.6. The third-order valence-corrected chi connectivity index (χ3v) is 3.54. The van der Waals surface area contributed by atoms with Crippen LogP contribution in [0.1, 0.15) is 29.3 Å². The normalized spacial score (nSPS) is 10.7. The van der Waals surface area contributed by atoms with Gasteiger partial charge in [0, 0.05) is 12.1 Å². The lowest BCUT2D eigenvalue weighted by Gasteiger charge is -2.10. The van der Waals surface area contributed by atoms with Gasteiger partial charge in [-0.05, 0) is 30.2 Å². The monoisotopic (exact) mass is 342 g/mol. The van der Waals surface area contributed by atoms with Gasteiger partial charge in [-0.15, -0.1) is 0 Å². The maximum Gasteiger partial charge on any atom is 0.193 e. The highest BCUT2D eigenvalue weighted by atomic mass is 16.5. The fourth-order valence-corrected chi connectivity index (χ4v) is 2.25. The molecule has 0 saturated heterocycles. The zero-order valence-electron chi connectivity index (χ0n) is 14.6. The van der Waals surface area contributed by atoms with E-state index in [1.165, 1.54) is 26.4 Å². The summed E-state index contributed by atoms with van der Waals surface area (Å²) in [5.41, 5.74) is 0.951. The van der Waals surface area contributed by atoms with Crippen molar-refractivity contribution >= 4 is 11.9 Å². The zero-order chi connectivity index (χ0) is 18.2. The molecule has 0 radical (unpaired) electrons. The molecule has 2 aromatic carbocycles. The van der Waals surface area contributed by atoms with E-state index in [0.717, 1.165) is 17.7 Å². The molecule has 5 heteroatoms. The number of phenols is 1. The van der Waals surface area contributed by atoms with Crippen molar-refractivity contribution in [3.05, 3.63) is 53.6 Å². The van der Waals surface area contributed by atoms with E-state index in [1.54, 1.807) is 12.1 Å². The highest BCUT2D eigenvalue weighted by Crippen LogP contribution is 2.33. The van der Waals surface area contributed by atoms with Crippen LogP contribution in [0.15, 0.2) is 42.5 Å². The van der Waals surface area contributed by atoms with Gasteiger partial charge in [0.05, 0.1) is 20.8 Å².